The maximum absolute atomic E-state index is 12.2. The van der Waals surface area contributed by atoms with E-state index in [9.17, 15) is 14.9 Å². The third-order valence-electron chi connectivity index (χ3n) is 4.18. The van der Waals surface area contributed by atoms with E-state index in [4.69, 9.17) is 9.15 Å². The minimum absolute atomic E-state index is 0.0159. The van der Waals surface area contributed by atoms with E-state index < -0.39 is 10.9 Å². The number of non-ortho nitro benzene ring substituents is 1. The summed E-state index contributed by atoms with van der Waals surface area (Å²) in [6, 6.07) is 20.4. The lowest BCUT2D eigenvalue weighted by Gasteiger charge is -2.04. The molecule has 0 aliphatic rings. The molecular weight excluding hydrogens is 360 g/mol. The van der Waals surface area contributed by atoms with Gasteiger partial charge >= 0.3 is 5.97 Å². The number of aromatic nitrogens is 1. The Kier molecular flexibility index (Phi) is 4.55. The van der Waals surface area contributed by atoms with Crippen LogP contribution in [-0.2, 0) is 11.3 Å². The summed E-state index contributed by atoms with van der Waals surface area (Å²) < 4.78 is 10.8. The SMILES string of the molecule is O=C(OCc1ccc2ccccc2n1)c1ccc(-c2ccc([N+](=O)[O-])cc2)o1. The van der Waals surface area contributed by atoms with Crippen molar-refractivity contribution in [3.8, 4) is 11.3 Å². The zero-order chi connectivity index (χ0) is 19.5. The van der Waals surface area contributed by atoms with Gasteiger partial charge in [0.2, 0.25) is 5.76 Å². The lowest BCUT2D eigenvalue weighted by atomic mass is 10.1. The maximum atomic E-state index is 12.2. The van der Waals surface area contributed by atoms with E-state index in [1.165, 1.54) is 18.2 Å². The first kappa shape index (κ1) is 17.4. The fourth-order valence-corrected chi connectivity index (χ4v) is 2.75. The van der Waals surface area contributed by atoms with E-state index >= 15 is 0 Å². The second kappa shape index (κ2) is 7.32. The molecule has 0 atom stereocenters. The van der Waals surface area contributed by atoms with Crippen LogP contribution in [0.4, 0.5) is 5.69 Å². The van der Waals surface area contributed by atoms with Crippen LogP contribution < -0.4 is 0 Å². The second-order valence-electron chi connectivity index (χ2n) is 6.04. The molecule has 2 aromatic heterocycles. The molecule has 0 aliphatic heterocycles. The predicted octanol–water partition coefficient (Wildman–Crippen LogP) is 4.76. The van der Waals surface area contributed by atoms with E-state index in [0.717, 1.165) is 10.9 Å². The number of para-hydroxylation sites is 1. The van der Waals surface area contributed by atoms with Gasteiger partial charge in [-0.3, -0.25) is 10.1 Å². The second-order valence-corrected chi connectivity index (χ2v) is 6.04. The molecule has 0 spiro atoms. The standard InChI is InChI=1S/C21H14N2O5/c24-21(27-13-16-8-5-14-3-1-2-4-18(14)22-16)20-12-11-19(28-20)15-6-9-17(10-7-15)23(25)26/h1-12H,13H2. The zero-order valence-electron chi connectivity index (χ0n) is 14.6. The number of pyridine rings is 1. The van der Waals surface area contributed by atoms with Gasteiger partial charge in [-0.1, -0.05) is 24.3 Å². The molecule has 0 unspecified atom stereocenters. The lowest BCUT2D eigenvalue weighted by molar-refractivity contribution is -0.384. The Labute approximate surface area is 159 Å². The Bertz CT molecular complexity index is 1160. The number of carbonyl (C=O) groups excluding carboxylic acids is 1. The van der Waals surface area contributed by atoms with E-state index in [1.807, 2.05) is 30.3 Å². The summed E-state index contributed by atoms with van der Waals surface area (Å²) in [5, 5.41) is 11.7. The van der Waals surface area contributed by atoms with Crippen LogP contribution in [0.3, 0.4) is 0 Å². The number of esters is 1. The molecule has 7 nitrogen and oxygen atoms in total. The van der Waals surface area contributed by atoms with Crippen molar-refractivity contribution in [2.45, 2.75) is 6.61 Å². The maximum Gasteiger partial charge on any atom is 0.374 e. The van der Waals surface area contributed by atoms with E-state index in [0.29, 0.717) is 17.0 Å². The van der Waals surface area contributed by atoms with Crippen LogP contribution in [-0.4, -0.2) is 15.9 Å². The first-order valence-corrected chi connectivity index (χ1v) is 8.46. The first-order valence-electron chi connectivity index (χ1n) is 8.46. The zero-order valence-corrected chi connectivity index (χ0v) is 14.6. The number of rotatable bonds is 5. The summed E-state index contributed by atoms with van der Waals surface area (Å²) in [4.78, 5) is 26.9. The average Bonchev–Trinajstić information content (AvgIpc) is 3.22. The third-order valence-corrected chi connectivity index (χ3v) is 4.18. The number of benzene rings is 2. The summed E-state index contributed by atoms with van der Waals surface area (Å²) in [5.41, 5.74) is 2.07. The van der Waals surface area contributed by atoms with Gasteiger partial charge < -0.3 is 9.15 Å². The number of hydrogen-bond donors (Lipinski definition) is 0. The molecular formula is C21H14N2O5. The highest BCUT2D eigenvalue weighted by Crippen LogP contribution is 2.25. The van der Waals surface area contributed by atoms with Crippen molar-refractivity contribution in [2.24, 2.45) is 0 Å². The molecule has 4 rings (SSSR count). The summed E-state index contributed by atoms with van der Waals surface area (Å²) in [7, 11) is 0. The monoisotopic (exact) mass is 374 g/mol. The molecule has 2 aromatic carbocycles. The number of hydrogen-bond acceptors (Lipinski definition) is 6. The van der Waals surface area contributed by atoms with Crippen LogP contribution in [0.15, 0.2) is 77.2 Å². The Morgan fingerprint density at radius 3 is 2.57 bits per heavy atom. The molecule has 0 N–H and O–H groups in total. The van der Waals surface area contributed by atoms with Crippen LogP contribution in [0, 0.1) is 10.1 Å². The minimum Gasteiger partial charge on any atom is -0.453 e. The molecule has 0 saturated carbocycles. The molecule has 0 saturated heterocycles. The smallest absolute Gasteiger partial charge is 0.374 e. The largest absolute Gasteiger partial charge is 0.453 e. The molecule has 28 heavy (non-hydrogen) atoms. The van der Waals surface area contributed by atoms with E-state index in [-0.39, 0.29) is 18.1 Å². The van der Waals surface area contributed by atoms with Crippen LogP contribution in [0.2, 0.25) is 0 Å². The molecule has 0 aliphatic carbocycles. The van der Waals surface area contributed by atoms with Crippen LogP contribution >= 0.6 is 0 Å². The Hall–Kier alpha value is -4.00. The number of furan rings is 1. The molecule has 0 radical (unpaired) electrons. The Balaban J connectivity index is 1.44. The van der Waals surface area contributed by atoms with Crippen LogP contribution in [0.5, 0.6) is 0 Å². The molecule has 0 bridgehead atoms. The number of carbonyl (C=O) groups is 1. The van der Waals surface area contributed by atoms with Crippen molar-refractivity contribution in [3.05, 3.63) is 94.4 Å². The number of nitro benzene ring substituents is 1. The number of nitrogens with zero attached hydrogens (tertiary/aromatic N) is 2. The first-order chi connectivity index (χ1) is 13.6. The van der Waals surface area contributed by atoms with Crippen LogP contribution in [0.1, 0.15) is 16.2 Å². The summed E-state index contributed by atoms with van der Waals surface area (Å²) in [6.45, 7) is 0.0250. The van der Waals surface area contributed by atoms with Gasteiger partial charge in [-0.15, -0.1) is 0 Å². The fraction of sp³-hybridized carbons (Fsp3) is 0.0476. The van der Waals surface area contributed by atoms with E-state index in [2.05, 4.69) is 4.98 Å². The van der Waals surface area contributed by atoms with Gasteiger partial charge in [0, 0.05) is 23.1 Å². The Morgan fingerprint density at radius 2 is 1.79 bits per heavy atom. The molecule has 2 heterocycles. The third kappa shape index (κ3) is 3.59. The van der Waals surface area contributed by atoms with Gasteiger partial charge in [0.15, 0.2) is 0 Å². The highest BCUT2D eigenvalue weighted by molar-refractivity contribution is 5.87. The summed E-state index contributed by atoms with van der Waals surface area (Å²) >= 11 is 0. The van der Waals surface area contributed by atoms with Gasteiger partial charge in [-0.25, -0.2) is 9.78 Å². The fourth-order valence-electron chi connectivity index (χ4n) is 2.75. The normalized spacial score (nSPS) is 10.7. The Morgan fingerprint density at radius 1 is 1.00 bits per heavy atom. The number of nitro groups is 1. The summed E-state index contributed by atoms with van der Waals surface area (Å²) in [6.07, 6.45) is 0. The van der Waals surface area contributed by atoms with E-state index in [1.54, 1.807) is 24.3 Å². The molecule has 138 valence electrons. The molecule has 4 aromatic rings. The van der Waals surface area contributed by atoms with Crippen molar-refractivity contribution in [3.63, 3.8) is 0 Å². The van der Waals surface area contributed by atoms with Crippen LogP contribution in [0.25, 0.3) is 22.2 Å². The molecule has 7 heteroatoms. The molecule has 0 amide bonds. The van der Waals surface area contributed by atoms with Crippen molar-refractivity contribution >= 4 is 22.6 Å². The van der Waals surface area contributed by atoms with Crippen molar-refractivity contribution < 1.29 is 18.9 Å². The van der Waals surface area contributed by atoms with Crippen molar-refractivity contribution in [1.82, 2.24) is 4.98 Å². The van der Waals surface area contributed by atoms with Gasteiger partial charge in [0.05, 0.1) is 16.1 Å². The van der Waals surface area contributed by atoms with Crippen molar-refractivity contribution in [2.75, 3.05) is 0 Å². The molecule has 0 fully saturated rings. The number of ether oxygens (including phenoxy) is 1. The van der Waals surface area contributed by atoms with Gasteiger partial charge in [-0.2, -0.15) is 0 Å². The topological polar surface area (TPSA) is 95.5 Å². The van der Waals surface area contributed by atoms with Crippen molar-refractivity contribution in [1.29, 1.82) is 0 Å². The number of fused-ring (bicyclic) bond motifs is 1. The average molecular weight is 374 g/mol. The predicted molar refractivity (Wildman–Crippen MR) is 102 cm³/mol. The van der Waals surface area contributed by atoms with Gasteiger partial charge in [0.1, 0.15) is 12.4 Å². The van der Waals surface area contributed by atoms with Gasteiger partial charge in [-0.05, 0) is 36.4 Å². The minimum atomic E-state index is -0.608. The quantitative estimate of drug-likeness (QED) is 0.284. The highest BCUT2D eigenvalue weighted by atomic mass is 16.6. The lowest BCUT2D eigenvalue weighted by Crippen LogP contribution is -2.05. The highest BCUT2D eigenvalue weighted by Gasteiger charge is 2.15. The van der Waals surface area contributed by atoms with Gasteiger partial charge in [0.25, 0.3) is 5.69 Å². The summed E-state index contributed by atoms with van der Waals surface area (Å²) in [5.74, 6) is -0.136.